The van der Waals surface area contributed by atoms with Crippen LogP contribution in [-0.4, -0.2) is 56.6 Å². The van der Waals surface area contributed by atoms with Crippen LogP contribution in [-0.2, 0) is 0 Å². The molecule has 2 aromatic heterocycles. The molecule has 1 N–H and O–H groups in total. The number of rotatable bonds is 3. The zero-order valence-electron chi connectivity index (χ0n) is 16.6. The third-order valence-electron chi connectivity index (χ3n) is 5.54. The standard InChI is InChI=1S/C23H20ClN5O2/c24-19-7-2-5-17-15-29(22(31)20(17)19)18-6-1-4-16(14-18)21(30)27-10-12-28(13-11-27)23-25-8-3-9-26-23/h1-9,14-15,31H,10-13H2. The van der Waals surface area contributed by atoms with E-state index in [1.54, 1.807) is 41.2 Å². The minimum absolute atomic E-state index is 0.0373. The van der Waals surface area contributed by atoms with Crippen molar-refractivity contribution < 1.29 is 9.90 Å². The molecular formula is C23H20ClN5O2. The van der Waals surface area contributed by atoms with E-state index in [1.165, 1.54) is 0 Å². The number of hydrogen-bond acceptors (Lipinski definition) is 5. The van der Waals surface area contributed by atoms with Gasteiger partial charge in [0.25, 0.3) is 5.91 Å². The number of hydrogen-bond donors (Lipinski definition) is 1. The Hall–Kier alpha value is -3.58. The largest absolute Gasteiger partial charge is 0.494 e. The first-order chi connectivity index (χ1) is 15.1. The number of fused-ring (bicyclic) bond motifs is 1. The summed E-state index contributed by atoms with van der Waals surface area (Å²) < 4.78 is 1.65. The highest BCUT2D eigenvalue weighted by atomic mass is 35.5. The SMILES string of the molecule is O=C(c1cccc(-n2cc3cccc(Cl)c3c2O)c1)N1CCN(c2ncccn2)CC1. The third-order valence-corrected chi connectivity index (χ3v) is 5.85. The van der Waals surface area contributed by atoms with Crippen molar-refractivity contribution in [2.24, 2.45) is 0 Å². The van der Waals surface area contributed by atoms with Gasteiger partial charge in [-0.1, -0.05) is 29.8 Å². The number of aromatic hydroxyl groups is 1. The van der Waals surface area contributed by atoms with E-state index in [9.17, 15) is 9.90 Å². The molecule has 2 aromatic carbocycles. The average molecular weight is 434 g/mol. The summed E-state index contributed by atoms with van der Waals surface area (Å²) in [7, 11) is 0. The summed E-state index contributed by atoms with van der Waals surface area (Å²) in [6.07, 6.45) is 5.26. The summed E-state index contributed by atoms with van der Waals surface area (Å²) in [5, 5.41) is 12.6. The molecule has 3 heterocycles. The van der Waals surface area contributed by atoms with Crippen LogP contribution in [0.15, 0.2) is 67.1 Å². The third kappa shape index (κ3) is 3.57. The predicted octanol–water partition coefficient (Wildman–Crippen LogP) is 3.74. The molecule has 0 aliphatic carbocycles. The molecular weight excluding hydrogens is 414 g/mol. The summed E-state index contributed by atoms with van der Waals surface area (Å²) >= 11 is 6.26. The van der Waals surface area contributed by atoms with Gasteiger partial charge < -0.3 is 14.9 Å². The Bertz CT molecular complexity index is 1250. The molecule has 1 fully saturated rings. The van der Waals surface area contributed by atoms with Gasteiger partial charge >= 0.3 is 0 Å². The molecule has 0 unspecified atom stereocenters. The Labute approximate surface area is 184 Å². The number of carbonyl (C=O) groups excluding carboxylic acids is 1. The molecule has 4 aromatic rings. The molecule has 8 heteroatoms. The van der Waals surface area contributed by atoms with Gasteiger partial charge in [-0.25, -0.2) is 9.97 Å². The minimum Gasteiger partial charge on any atom is -0.494 e. The van der Waals surface area contributed by atoms with Gasteiger partial charge in [-0.05, 0) is 30.3 Å². The number of anilines is 1. The Kier molecular flexibility index (Phi) is 4.95. The zero-order chi connectivity index (χ0) is 21.4. The lowest BCUT2D eigenvalue weighted by atomic mass is 10.1. The molecule has 1 aliphatic heterocycles. The lowest BCUT2D eigenvalue weighted by molar-refractivity contribution is 0.0746. The fraction of sp³-hybridized carbons (Fsp3) is 0.174. The van der Waals surface area contributed by atoms with Gasteiger partial charge in [0.2, 0.25) is 11.8 Å². The first-order valence-corrected chi connectivity index (χ1v) is 10.4. The first kappa shape index (κ1) is 19.4. The van der Waals surface area contributed by atoms with Crippen LogP contribution < -0.4 is 4.90 Å². The van der Waals surface area contributed by atoms with Gasteiger partial charge in [-0.15, -0.1) is 0 Å². The normalized spacial score (nSPS) is 14.2. The average Bonchev–Trinajstić information content (AvgIpc) is 3.17. The number of halogens is 1. The lowest BCUT2D eigenvalue weighted by Crippen LogP contribution is -2.49. The fourth-order valence-electron chi connectivity index (χ4n) is 3.94. The predicted molar refractivity (Wildman–Crippen MR) is 120 cm³/mol. The first-order valence-electron chi connectivity index (χ1n) is 10.0. The van der Waals surface area contributed by atoms with Crippen LogP contribution in [0.5, 0.6) is 5.88 Å². The highest BCUT2D eigenvalue weighted by molar-refractivity contribution is 6.36. The van der Waals surface area contributed by atoms with Crippen LogP contribution in [0, 0.1) is 0 Å². The molecule has 31 heavy (non-hydrogen) atoms. The number of piperazine rings is 1. The van der Waals surface area contributed by atoms with Crippen molar-refractivity contribution in [3.05, 3.63) is 77.7 Å². The maximum atomic E-state index is 13.1. The molecule has 1 amide bonds. The van der Waals surface area contributed by atoms with E-state index >= 15 is 0 Å². The van der Waals surface area contributed by atoms with Crippen LogP contribution in [0.1, 0.15) is 10.4 Å². The number of nitrogens with zero attached hydrogens (tertiary/aromatic N) is 5. The van der Waals surface area contributed by atoms with E-state index < -0.39 is 0 Å². The van der Waals surface area contributed by atoms with Gasteiger partial charge in [0, 0.05) is 61.4 Å². The van der Waals surface area contributed by atoms with Gasteiger partial charge in [0.15, 0.2) is 0 Å². The topological polar surface area (TPSA) is 74.5 Å². The van der Waals surface area contributed by atoms with Crippen LogP contribution in [0.3, 0.4) is 0 Å². The summed E-state index contributed by atoms with van der Waals surface area (Å²) in [5.74, 6) is 0.705. The number of benzene rings is 2. The molecule has 0 saturated carbocycles. The van der Waals surface area contributed by atoms with Gasteiger partial charge in [-0.3, -0.25) is 9.36 Å². The van der Waals surface area contributed by atoms with E-state index in [0.717, 1.165) is 5.39 Å². The van der Waals surface area contributed by atoms with E-state index in [4.69, 9.17) is 11.6 Å². The second-order valence-electron chi connectivity index (χ2n) is 7.41. The quantitative estimate of drug-likeness (QED) is 0.532. The minimum atomic E-state index is -0.0373. The van der Waals surface area contributed by atoms with E-state index in [1.807, 2.05) is 35.4 Å². The smallest absolute Gasteiger partial charge is 0.254 e. The van der Waals surface area contributed by atoms with Crippen molar-refractivity contribution in [3.8, 4) is 11.6 Å². The monoisotopic (exact) mass is 433 g/mol. The van der Waals surface area contributed by atoms with E-state index in [2.05, 4.69) is 14.9 Å². The second kappa shape index (κ2) is 7.92. The number of aromatic nitrogens is 3. The highest BCUT2D eigenvalue weighted by Crippen LogP contribution is 2.35. The van der Waals surface area contributed by atoms with Gasteiger partial charge in [-0.2, -0.15) is 0 Å². The van der Waals surface area contributed by atoms with Crippen LogP contribution in [0.4, 0.5) is 5.95 Å². The Balaban J connectivity index is 1.37. The number of carbonyl (C=O) groups is 1. The molecule has 1 aliphatic rings. The van der Waals surface area contributed by atoms with Crippen LogP contribution in [0.2, 0.25) is 5.02 Å². The Morgan fingerprint density at radius 3 is 2.45 bits per heavy atom. The van der Waals surface area contributed by atoms with Gasteiger partial charge in [0.05, 0.1) is 10.4 Å². The van der Waals surface area contributed by atoms with Crippen molar-refractivity contribution in [3.63, 3.8) is 0 Å². The van der Waals surface area contributed by atoms with Crippen LogP contribution >= 0.6 is 11.6 Å². The molecule has 0 radical (unpaired) electrons. The molecule has 7 nitrogen and oxygen atoms in total. The zero-order valence-corrected chi connectivity index (χ0v) is 17.4. The summed E-state index contributed by atoms with van der Waals surface area (Å²) in [6.45, 7) is 2.54. The maximum absolute atomic E-state index is 13.1. The van der Waals surface area contributed by atoms with Crippen molar-refractivity contribution >= 4 is 34.2 Å². The van der Waals surface area contributed by atoms with Crippen molar-refractivity contribution in [1.29, 1.82) is 0 Å². The molecule has 0 bridgehead atoms. The van der Waals surface area contributed by atoms with Gasteiger partial charge in [0.1, 0.15) is 0 Å². The van der Waals surface area contributed by atoms with E-state index in [-0.39, 0.29) is 11.8 Å². The Morgan fingerprint density at radius 1 is 0.968 bits per heavy atom. The highest BCUT2D eigenvalue weighted by Gasteiger charge is 2.24. The number of amides is 1. The van der Waals surface area contributed by atoms with Crippen molar-refractivity contribution in [2.45, 2.75) is 0 Å². The molecule has 156 valence electrons. The second-order valence-corrected chi connectivity index (χ2v) is 7.81. The lowest BCUT2D eigenvalue weighted by Gasteiger charge is -2.34. The molecule has 5 rings (SSSR count). The summed E-state index contributed by atoms with van der Waals surface area (Å²) in [5.41, 5.74) is 1.28. The molecule has 0 atom stereocenters. The Morgan fingerprint density at radius 2 is 1.71 bits per heavy atom. The molecule has 1 saturated heterocycles. The van der Waals surface area contributed by atoms with E-state index in [0.29, 0.717) is 53.8 Å². The fourth-order valence-corrected chi connectivity index (χ4v) is 4.20. The van der Waals surface area contributed by atoms with Crippen molar-refractivity contribution in [2.75, 3.05) is 31.1 Å². The van der Waals surface area contributed by atoms with Crippen molar-refractivity contribution in [1.82, 2.24) is 19.4 Å². The molecule has 0 spiro atoms. The van der Waals surface area contributed by atoms with Crippen LogP contribution in [0.25, 0.3) is 16.5 Å². The maximum Gasteiger partial charge on any atom is 0.254 e. The summed E-state index contributed by atoms with van der Waals surface area (Å²) in [4.78, 5) is 25.6. The summed E-state index contributed by atoms with van der Waals surface area (Å²) in [6, 6.07) is 14.5.